The zero-order valence-corrected chi connectivity index (χ0v) is 22.1. The maximum atomic E-state index is 12.9. The summed E-state index contributed by atoms with van der Waals surface area (Å²) in [6.07, 6.45) is 0. The van der Waals surface area contributed by atoms with E-state index < -0.39 is 29.0 Å². The average molecular weight is 520 g/mol. The van der Waals surface area contributed by atoms with Gasteiger partial charge in [-0.1, -0.05) is 44.2 Å². The van der Waals surface area contributed by atoms with Crippen molar-refractivity contribution >= 4 is 33.9 Å². The molecule has 4 rings (SSSR count). The van der Waals surface area contributed by atoms with Gasteiger partial charge in [-0.3, -0.25) is 4.79 Å². The van der Waals surface area contributed by atoms with Crippen LogP contribution >= 0.6 is 0 Å². The Morgan fingerprint density at radius 2 is 1.57 bits per heavy atom. The number of rotatable bonds is 8. The van der Waals surface area contributed by atoms with Gasteiger partial charge >= 0.3 is 11.9 Å². The van der Waals surface area contributed by atoms with Gasteiger partial charge in [0, 0.05) is 10.9 Å². The van der Waals surface area contributed by atoms with Crippen LogP contribution in [0.4, 0.5) is 0 Å². The van der Waals surface area contributed by atoms with Gasteiger partial charge in [0.05, 0.1) is 4.90 Å². The molecule has 2 atom stereocenters. The van der Waals surface area contributed by atoms with Crippen LogP contribution in [-0.4, -0.2) is 27.3 Å². The lowest BCUT2D eigenvalue weighted by Gasteiger charge is -2.17. The molecule has 0 spiro atoms. The summed E-state index contributed by atoms with van der Waals surface area (Å²) in [4.78, 5) is 24.8. The number of fused-ring (bicyclic) bond motifs is 1. The second-order valence-electron chi connectivity index (χ2n) is 9.35. The predicted octanol–water partition coefficient (Wildman–Crippen LogP) is 5.97. The lowest BCUT2D eigenvalue weighted by Crippen LogP contribution is -2.41. The third kappa shape index (κ3) is 5.50. The zero-order valence-electron chi connectivity index (χ0n) is 21.3. The number of hydrogen-bond acceptors (Lipinski definition) is 5. The molecule has 0 amide bonds. The molecule has 0 bridgehead atoms. The summed E-state index contributed by atoms with van der Waals surface area (Å²) >= 11 is 0. The zero-order chi connectivity index (χ0) is 26.9. The number of benzene rings is 3. The maximum Gasteiger partial charge on any atom is 0.379 e. The molecule has 0 aliphatic rings. The van der Waals surface area contributed by atoms with Crippen molar-refractivity contribution in [3.8, 4) is 16.9 Å². The Morgan fingerprint density at radius 3 is 2.14 bits per heavy atom. The maximum absolute atomic E-state index is 12.9. The van der Waals surface area contributed by atoms with E-state index in [-0.39, 0.29) is 11.7 Å². The van der Waals surface area contributed by atoms with Crippen molar-refractivity contribution in [2.45, 2.75) is 45.6 Å². The van der Waals surface area contributed by atoms with E-state index in [0.717, 1.165) is 33.2 Å². The largest absolute Gasteiger partial charge is 0.480 e. The molecule has 8 heteroatoms. The first-order valence-corrected chi connectivity index (χ1v) is 13.0. The lowest BCUT2D eigenvalue weighted by atomic mass is 10.00. The van der Waals surface area contributed by atoms with Crippen molar-refractivity contribution in [2.75, 3.05) is 0 Å². The summed E-state index contributed by atoms with van der Waals surface area (Å²) < 4.78 is 26.8. The SMILES string of the molecule is Cc1cc(-c2ccc(S(=O)NC(C(=O)O)C(C)C)cc2)cc(C)c1OC(=O)c1oc2ccccc2c1C. The van der Waals surface area contributed by atoms with Crippen LogP contribution in [0.5, 0.6) is 5.75 Å². The van der Waals surface area contributed by atoms with Crippen LogP contribution in [0.15, 0.2) is 70.0 Å². The Labute approximate surface area is 218 Å². The average Bonchev–Trinajstić information content (AvgIpc) is 3.20. The molecule has 4 aromatic rings. The molecule has 7 nitrogen and oxygen atoms in total. The van der Waals surface area contributed by atoms with Crippen LogP contribution in [0.2, 0.25) is 0 Å². The van der Waals surface area contributed by atoms with Crippen molar-refractivity contribution in [1.29, 1.82) is 0 Å². The molecule has 37 heavy (non-hydrogen) atoms. The van der Waals surface area contributed by atoms with Gasteiger partial charge in [-0.25, -0.2) is 13.7 Å². The molecule has 1 heterocycles. The van der Waals surface area contributed by atoms with Gasteiger partial charge < -0.3 is 14.3 Å². The van der Waals surface area contributed by atoms with E-state index >= 15 is 0 Å². The van der Waals surface area contributed by atoms with Gasteiger partial charge in [-0.15, -0.1) is 0 Å². The van der Waals surface area contributed by atoms with Gasteiger partial charge in [0.25, 0.3) is 0 Å². The first kappa shape index (κ1) is 26.3. The molecule has 2 N–H and O–H groups in total. The van der Waals surface area contributed by atoms with Gasteiger partial charge in [0.2, 0.25) is 5.76 Å². The Morgan fingerprint density at radius 1 is 0.946 bits per heavy atom. The van der Waals surface area contributed by atoms with Crippen molar-refractivity contribution in [2.24, 2.45) is 5.92 Å². The monoisotopic (exact) mass is 519 g/mol. The van der Waals surface area contributed by atoms with Crippen molar-refractivity contribution < 1.29 is 28.1 Å². The highest BCUT2D eigenvalue weighted by atomic mass is 32.2. The molecule has 3 aromatic carbocycles. The molecule has 0 saturated heterocycles. The molecule has 192 valence electrons. The Hall–Kier alpha value is -3.75. The number of furan rings is 1. The fourth-order valence-corrected chi connectivity index (χ4v) is 5.33. The third-order valence-electron chi connectivity index (χ3n) is 6.25. The molecule has 0 radical (unpaired) electrons. The highest BCUT2D eigenvalue weighted by Crippen LogP contribution is 2.32. The molecule has 0 aliphatic heterocycles. The number of nitrogens with one attached hydrogen (secondary N) is 1. The van der Waals surface area contributed by atoms with Crippen LogP contribution in [0.25, 0.3) is 22.1 Å². The van der Waals surface area contributed by atoms with Crippen LogP contribution in [0, 0.1) is 26.7 Å². The van der Waals surface area contributed by atoms with Crippen molar-refractivity contribution in [3.63, 3.8) is 0 Å². The number of aliphatic carboxylic acids is 1. The first-order valence-electron chi connectivity index (χ1n) is 11.9. The van der Waals surface area contributed by atoms with E-state index in [0.29, 0.717) is 16.2 Å². The normalized spacial score (nSPS) is 13.0. The summed E-state index contributed by atoms with van der Waals surface area (Å²) in [6.45, 7) is 9.10. The fraction of sp³-hybridized carbons (Fsp3) is 0.241. The molecule has 0 saturated carbocycles. The summed E-state index contributed by atoms with van der Waals surface area (Å²) in [6, 6.07) is 17.5. The first-order chi connectivity index (χ1) is 17.6. The number of carboxylic acids is 1. The predicted molar refractivity (Wildman–Crippen MR) is 143 cm³/mol. The number of aryl methyl sites for hydroxylation is 3. The number of para-hydroxylation sites is 1. The van der Waals surface area contributed by atoms with Crippen LogP contribution in [0.3, 0.4) is 0 Å². The lowest BCUT2D eigenvalue weighted by molar-refractivity contribution is -0.140. The second-order valence-corrected chi connectivity index (χ2v) is 10.6. The summed E-state index contributed by atoms with van der Waals surface area (Å²) in [5, 5.41) is 10.2. The molecular weight excluding hydrogens is 490 g/mol. The number of hydrogen-bond donors (Lipinski definition) is 2. The minimum atomic E-state index is -1.66. The standard InChI is InChI=1S/C29H29NO6S/c1-16(2)25(28(31)32)30-37(34)22-12-10-20(11-13-22)21-14-17(3)26(18(4)15-21)36-29(33)27-19(5)23-8-6-7-9-24(23)35-27/h6-16,25,30H,1-5H3,(H,31,32). The second kappa shape index (κ2) is 10.7. The molecule has 1 aromatic heterocycles. The number of carbonyl (C=O) groups excluding carboxylic acids is 1. The minimum absolute atomic E-state index is 0.184. The smallest absolute Gasteiger partial charge is 0.379 e. The fourth-order valence-electron chi connectivity index (χ4n) is 4.21. The molecular formula is C29H29NO6S. The van der Waals surface area contributed by atoms with Gasteiger partial charge in [-0.05, 0) is 79.3 Å². The highest BCUT2D eigenvalue weighted by molar-refractivity contribution is 7.83. The van der Waals surface area contributed by atoms with E-state index in [1.54, 1.807) is 26.0 Å². The number of esters is 1. The van der Waals surface area contributed by atoms with Gasteiger partial charge in [0.15, 0.2) is 0 Å². The topological polar surface area (TPSA) is 106 Å². The van der Waals surface area contributed by atoms with Crippen molar-refractivity contribution in [3.05, 3.63) is 83.1 Å². The summed E-state index contributed by atoms with van der Waals surface area (Å²) in [5.74, 6) is -1.14. The van der Waals surface area contributed by atoms with Gasteiger partial charge in [0.1, 0.15) is 28.4 Å². The van der Waals surface area contributed by atoms with E-state index in [1.807, 2.05) is 69.3 Å². The highest BCUT2D eigenvalue weighted by Gasteiger charge is 2.24. The van der Waals surface area contributed by atoms with Gasteiger partial charge in [-0.2, -0.15) is 0 Å². The third-order valence-corrected chi connectivity index (χ3v) is 7.42. The minimum Gasteiger partial charge on any atom is -0.480 e. The van der Waals surface area contributed by atoms with E-state index in [1.165, 1.54) is 0 Å². The van der Waals surface area contributed by atoms with E-state index in [2.05, 4.69) is 4.72 Å². The van der Waals surface area contributed by atoms with Crippen molar-refractivity contribution in [1.82, 2.24) is 4.72 Å². The van der Waals surface area contributed by atoms with E-state index in [4.69, 9.17) is 9.15 Å². The van der Waals surface area contributed by atoms with Crippen LogP contribution in [-0.2, 0) is 15.8 Å². The number of carbonyl (C=O) groups is 2. The molecule has 2 unspecified atom stereocenters. The quantitative estimate of drug-likeness (QED) is 0.220. The number of ether oxygens (including phenoxy) is 1. The Bertz CT molecular complexity index is 1480. The van der Waals surface area contributed by atoms with E-state index in [9.17, 15) is 18.9 Å². The molecule has 0 fully saturated rings. The Kier molecular flexibility index (Phi) is 7.61. The summed E-state index contributed by atoms with van der Waals surface area (Å²) in [5.41, 5.74) is 4.74. The van der Waals surface area contributed by atoms with Crippen LogP contribution < -0.4 is 9.46 Å². The summed E-state index contributed by atoms with van der Waals surface area (Å²) in [7, 11) is -1.66. The Balaban J connectivity index is 1.53. The molecule has 0 aliphatic carbocycles. The number of carboxylic acid groups (broad SMARTS) is 1. The van der Waals surface area contributed by atoms with Crippen LogP contribution in [0.1, 0.15) is 41.1 Å².